The van der Waals surface area contributed by atoms with E-state index in [9.17, 15) is 18.0 Å². The molecule has 1 atom stereocenters. The number of rotatable bonds is 2. The number of nitrogens with one attached hydrogen (secondary N) is 1. The summed E-state index contributed by atoms with van der Waals surface area (Å²) in [6.07, 6.45) is -4.80. The smallest absolute Gasteiger partial charge is 0.449 e. The Kier molecular flexibility index (Phi) is 4.88. The molecule has 0 radical (unpaired) electrons. The second kappa shape index (κ2) is 6.01. The van der Waals surface area contributed by atoms with Crippen molar-refractivity contribution in [1.82, 2.24) is 5.32 Å². The molecule has 0 bridgehead atoms. The van der Waals surface area contributed by atoms with Gasteiger partial charge in [-0.1, -0.05) is 12.1 Å². The van der Waals surface area contributed by atoms with Crippen molar-refractivity contribution in [2.75, 3.05) is 6.61 Å². The van der Waals surface area contributed by atoms with Crippen molar-refractivity contribution in [3.05, 3.63) is 29.8 Å². The van der Waals surface area contributed by atoms with Gasteiger partial charge in [-0.25, -0.2) is 4.79 Å². The molecule has 1 N–H and O–H groups in total. The molecule has 1 amide bonds. The summed E-state index contributed by atoms with van der Waals surface area (Å²) in [5.41, 5.74) is 0.549. The number of benzene rings is 1. The second-order valence-corrected chi connectivity index (χ2v) is 3.74. The number of cyclic esters (lactones) is 1. The van der Waals surface area contributed by atoms with Gasteiger partial charge < -0.3 is 14.8 Å². The number of amides is 1. The Bertz CT molecular complexity index is 453. The van der Waals surface area contributed by atoms with Crippen molar-refractivity contribution in [3.63, 3.8) is 0 Å². The Morgan fingerprint density at radius 2 is 2.11 bits per heavy atom. The summed E-state index contributed by atoms with van der Waals surface area (Å²) >= 11 is 0. The average molecular weight is 298 g/mol. The maximum absolute atomic E-state index is 12.1. The first-order valence-corrected chi connectivity index (χ1v) is 5.23. The minimum atomic E-state index is -4.72. The van der Waals surface area contributed by atoms with Gasteiger partial charge >= 0.3 is 12.5 Å². The Labute approximate surface area is 113 Å². The van der Waals surface area contributed by atoms with Crippen LogP contribution in [-0.2, 0) is 4.74 Å². The van der Waals surface area contributed by atoms with E-state index in [-0.39, 0.29) is 30.8 Å². The fourth-order valence-corrected chi connectivity index (χ4v) is 1.70. The van der Waals surface area contributed by atoms with E-state index >= 15 is 0 Å². The molecular weight excluding hydrogens is 287 g/mol. The minimum Gasteiger partial charge on any atom is -0.449 e. The van der Waals surface area contributed by atoms with E-state index < -0.39 is 12.5 Å². The molecule has 19 heavy (non-hydrogen) atoms. The molecule has 0 spiro atoms. The van der Waals surface area contributed by atoms with Gasteiger partial charge in [0.1, 0.15) is 5.75 Å². The van der Waals surface area contributed by atoms with Gasteiger partial charge in [0.05, 0.1) is 12.6 Å². The van der Waals surface area contributed by atoms with Gasteiger partial charge in [-0.05, 0) is 17.7 Å². The van der Waals surface area contributed by atoms with Gasteiger partial charge in [-0.3, -0.25) is 0 Å². The summed E-state index contributed by atoms with van der Waals surface area (Å²) in [7, 11) is 0. The summed E-state index contributed by atoms with van der Waals surface area (Å²) in [5.74, 6) is -0.305. The van der Waals surface area contributed by atoms with Crippen molar-refractivity contribution in [3.8, 4) is 5.75 Å². The van der Waals surface area contributed by atoms with Crippen LogP contribution >= 0.6 is 12.4 Å². The van der Waals surface area contributed by atoms with E-state index in [4.69, 9.17) is 0 Å². The average Bonchev–Trinajstić information content (AvgIpc) is 2.27. The van der Waals surface area contributed by atoms with Crippen LogP contribution in [0, 0.1) is 0 Å². The number of halogens is 4. The van der Waals surface area contributed by atoms with Gasteiger partial charge in [0.25, 0.3) is 0 Å². The van der Waals surface area contributed by atoms with Crippen LogP contribution in [0.4, 0.5) is 18.0 Å². The van der Waals surface area contributed by atoms with E-state index in [1.54, 1.807) is 6.07 Å². The van der Waals surface area contributed by atoms with Crippen molar-refractivity contribution in [1.29, 1.82) is 0 Å². The first kappa shape index (κ1) is 15.4. The number of carbonyl (C=O) groups excluding carboxylic acids is 1. The Morgan fingerprint density at radius 3 is 2.74 bits per heavy atom. The second-order valence-electron chi connectivity index (χ2n) is 3.74. The van der Waals surface area contributed by atoms with Crippen LogP contribution in [-0.4, -0.2) is 19.1 Å². The van der Waals surface area contributed by atoms with E-state index in [0.29, 0.717) is 12.0 Å². The number of alkyl carbamates (subject to hydrolysis) is 1. The SMILES string of the molecule is Cl.O=C1N[C@H](c2cccc(OC(F)(F)F)c2)CCO1. The van der Waals surface area contributed by atoms with Crippen LogP contribution in [0.15, 0.2) is 24.3 Å². The summed E-state index contributed by atoms with van der Waals surface area (Å²) in [4.78, 5) is 11.0. The lowest BCUT2D eigenvalue weighted by Gasteiger charge is -2.24. The number of alkyl halides is 3. The molecule has 0 aliphatic carbocycles. The first-order valence-electron chi connectivity index (χ1n) is 5.23. The molecule has 2 rings (SSSR count). The fraction of sp³-hybridized carbons (Fsp3) is 0.364. The summed E-state index contributed by atoms with van der Waals surface area (Å²) in [6, 6.07) is 5.17. The topological polar surface area (TPSA) is 47.6 Å². The predicted octanol–water partition coefficient (Wildman–Crippen LogP) is 3.18. The van der Waals surface area contributed by atoms with Crippen LogP contribution in [0.25, 0.3) is 0 Å². The van der Waals surface area contributed by atoms with Crippen molar-refractivity contribution >= 4 is 18.5 Å². The quantitative estimate of drug-likeness (QED) is 0.912. The van der Waals surface area contributed by atoms with Gasteiger partial charge in [0.2, 0.25) is 0 Å². The third kappa shape index (κ3) is 4.51. The zero-order chi connectivity index (χ0) is 13.2. The zero-order valence-electron chi connectivity index (χ0n) is 9.57. The third-order valence-electron chi connectivity index (χ3n) is 2.43. The Morgan fingerprint density at radius 1 is 1.37 bits per heavy atom. The molecule has 0 saturated carbocycles. The lowest BCUT2D eigenvalue weighted by atomic mass is 10.0. The molecule has 1 aromatic rings. The summed E-state index contributed by atoms with van der Waals surface area (Å²) in [5, 5.41) is 2.52. The van der Waals surface area contributed by atoms with Crippen LogP contribution in [0.2, 0.25) is 0 Å². The molecule has 1 aliphatic rings. The maximum atomic E-state index is 12.1. The number of hydrogen-bond acceptors (Lipinski definition) is 3. The molecule has 1 heterocycles. The van der Waals surface area contributed by atoms with E-state index in [1.807, 2.05) is 0 Å². The Hall–Kier alpha value is -1.63. The standard InChI is InChI=1S/C11H10F3NO3.ClH/c12-11(13,14)18-8-3-1-2-7(6-8)9-4-5-17-10(16)15-9;/h1-3,6,9H,4-5H2,(H,15,16);1H/t9-;/m0./s1. The van der Waals surface area contributed by atoms with Gasteiger partial charge in [0, 0.05) is 6.42 Å². The highest BCUT2D eigenvalue weighted by Crippen LogP contribution is 2.27. The molecular formula is C11H11ClF3NO3. The fourth-order valence-electron chi connectivity index (χ4n) is 1.70. The molecule has 0 unspecified atom stereocenters. The number of hydrogen-bond donors (Lipinski definition) is 1. The molecule has 8 heteroatoms. The molecule has 106 valence electrons. The molecule has 1 aliphatic heterocycles. The predicted molar refractivity (Wildman–Crippen MR) is 62.2 cm³/mol. The number of ether oxygens (including phenoxy) is 2. The monoisotopic (exact) mass is 297 g/mol. The van der Waals surface area contributed by atoms with Crippen molar-refractivity contribution in [2.45, 2.75) is 18.8 Å². The zero-order valence-corrected chi connectivity index (χ0v) is 10.4. The molecule has 0 aromatic heterocycles. The van der Waals surface area contributed by atoms with Crippen molar-refractivity contribution < 1.29 is 27.4 Å². The molecule has 1 fully saturated rings. The third-order valence-corrected chi connectivity index (χ3v) is 2.43. The largest absolute Gasteiger partial charge is 0.573 e. The van der Waals surface area contributed by atoms with E-state index in [2.05, 4.69) is 14.8 Å². The highest BCUT2D eigenvalue weighted by atomic mass is 35.5. The van der Waals surface area contributed by atoms with E-state index in [1.165, 1.54) is 18.2 Å². The molecule has 4 nitrogen and oxygen atoms in total. The van der Waals surface area contributed by atoms with Crippen molar-refractivity contribution in [2.24, 2.45) is 0 Å². The maximum Gasteiger partial charge on any atom is 0.573 e. The normalized spacial score (nSPS) is 18.9. The van der Waals surface area contributed by atoms with Gasteiger partial charge in [-0.15, -0.1) is 25.6 Å². The van der Waals surface area contributed by atoms with Crippen LogP contribution in [0.3, 0.4) is 0 Å². The summed E-state index contributed by atoms with van der Waals surface area (Å²) in [6.45, 7) is 0.237. The van der Waals surface area contributed by atoms with E-state index in [0.717, 1.165) is 0 Å². The summed E-state index contributed by atoms with van der Waals surface area (Å²) < 4.78 is 44.7. The minimum absolute atomic E-state index is 0. The highest BCUT2D eigenvalue weighted by Gasteiger charge is 2.31. The molecule has 1 aromatic carbocycles. The van der Waals surface area contributed by atoms with Crippen LogP contribution < -0.4 is 10.1 Å². The lowest BCUT2D eigenvalue weighted by Crippen LogP contribution is -2.35. The van der Waals surface area contributed by atoms with Gasteiger partial charge in [0.15, 0.2) is 0 Å². The van der Waals surface area contributed by atoms with Crippen LogP contribution in [0.5, 0.6) is 5.75 Å². The van der Waals surface area contributed by atoms with Gasteiger partial charge in [-0.2, -0.15) is 0 Å². The number of carbonyl (C=O) groups is 1. The molecule has 1 saturated heterocycles. The van der Waals surface area contributed by atoms with Crippen LogP contribution in [0.1, 0.15) is 18.0 Å². The lowest BCUT2D eigenvalue weighted by molar-refractivity contribution is -0.274. The highest BCUT2D eigenvalue weighted by molar-refractivity contribution is 5.85. The Balaban J connectivity index is 0.00000180. The first-order chi connectivity index (χ1) is 8.44.